The lowest BCUT2D eigenvalue weighted by Gasteiger charge is -2.14. The second-order valence-electron chi connectivity index (χ2n) is 6.58. The van der Waals surface area contributed by atoms with Crippen molar-refractivity contribution in [1.82, 2.24) is 0 Å². The third-order valence-corrected chi connectivity index (χ3v) is 4.23. The summed E-state index contributed by atoms with van der Waals surface area (Å²) in [5.41, 5.74) is -0.629. The van der Waals surface area contributed by atoms with E-state index in [2.05, 4.69) is 21.3 Å². The van der Waals surface area contributed by atoms with Crippen LogP contribution in [0.5, 0.6) is 0 Å². The molecule has 3 rings (SSSR count). The van der Waals surface area contributed by atoms with Crippen molar-refractivity contribution in [3.05, 3.63) is 92.5 Å². The van der Waals surface area contributed by atoms with Crippen molar-refractivity contribution in [1.29, 1.82) is 0 Å². The number of urea groups is 2. The number of rotatable bonds is 6. The smallest absolute Gasteiger partial charge is 0.308 e. The number of carbonyl (C=O) groups excluding carboxylic acids is 2. The number of non-ortho nitro benzene ring substituents is 2. The highest BCUT2D eigenvalue weighted by Crippen LogP contribution is 2.26. The Hall–Kier alpha value is -5.14. The molecule has 34 heavy (non-hydrogen) atoms. The Labute approximate surface area is 188 Å². The molecule has 14 heteroatoms. The molecule has 0 saturated carbocycles. The van der Waals surface area contributed by atoms with Gasteiger partial charge in [0.2, 0.25) is 0 Å². The Morgan fingerprint density at radius 3 is 1.24 bits per heavy atom. The number of carbonyl (C=O) groups is 2. The summed E-state index contributed by atoms with van der Waals surface area (Å²) < 4.78 is 27.5. The molecule has 0 aromatic heterocycles. The molecule has 0 fully saturated rings. The lowest BCUT2D eigenvalue weighted by atomic mass is 10.2. The molecule has 174 valence electrons. The van der Waals surface area contributed by atoms with Gasteiger partial charge in [-0.1, -0.05) is 0 Å². The number of anilines is 4. The van der Waals surface area contributed by atoms with Crippen molar-refractivity contribution >= 4 is 46.2 Å². The van der Waals surface area contributed by atoms with Crippen molar-refractivity contribution in [3.63, 3.8) is 0 Å². The van der Waals surface area contributed by atoms with Gasteiger partial charge in [0.15, 0.2) is 11.6 Å². The molecule has 4 N–H and O–H groups in total. The largest absolute Gasteiger partial charge is 0.323 e. The summed E-state index contributed by atoms with van der Waals surface area (Å²) >= 11 is 0. The summed E-state index contributed by atoms with van der Waals surface area (Å²) in [6.45, 7) is 0. The van der Waals surface area contributed by atoms with Gasteiger partial charge in [-0.05, 0) is 24.3 Å². The van der Waals surface area contributed by atoms with Gasteiger partial charge in [0.05, 0.1) is 21.2 Å². The molecule has 3 aromatic rings. The Morgan fingerprint density at radius 1 is 0.618 bits per heavy atom. The molecular weight excluding hydrogens is 458 g/mol. The third-order valence-electron chi connectivity index (χ3n) is 4.23. The number of nitrogens with one attached hydrogen (secondary N) is 4. The summed E-state index contributed by atoms with van der Waals surface area (Å²) in [4.78, 5) is 44.7. The molecular formula is C20H14F2N6O6. The number of nitro groups is 2. The number of hydrogen-bond acceptors (Lipinski definition) is 6. The first-order valence-electron chi connectivity index (χ1n) is 9.26. The first kappa shape index (κ1) is 23.5. The molecule has 0 bridgehead atoms. The summed E-state index contributed by atoms with van der Waals surface area (Å²) in [5.74, 6) is -2.60. The van der Waals surface area contributed by atoms with E-state index in [0.717, 1.165) is 24.3 Å². The first-order chi connectivity index (χ1) is 16.1. The zero-order valence-electron chi connectivity index (χ0n) is 16.9. The van der Waals surface area contributed by atoms with Crippen LogP contribution in [0, 0.1) is 31.9 Å². The highest BCUT2D eigenvalue weighted by atomic mass is 19.2. The Balaban J connectivity index is 1.71. The van der Waals surface area contributed by atoms with Gasteiger partial charge < -0.3 is 21.3 Å². The highest BCUT2D eigenvalue weighted by Gasteiger charge is 2.16. The molecule has 12 nitrogen and oxygen atoms in total. The number of nitro benzene ring substituents is 2. The lowest BCUT2D eigenvalue weighted by Crippen LogP contribution is -2.23. The molecule has 0 radical (unpaired) electrons. The van der Waals surface area contributed by atoms with Crippen molar-refractivity contribution in [2.45, 2.75) is 0 Å². The van der Waals surface area contributed by atoms with Gasteiger partial charge in [-0.3, -0.25) is 20.2 Å². The summed E-state index contributed by atoms with van der Waals surface area (Å²) in [7, 11) is 0. The Kier molecular flexibility index (Phi) is 6.91. The third kappa shape index (κ3) is 5.97. The van der Waals surface area contributed by atoms with Crippen LogP contribution in [0.25, 0.3) is 0 Å². The molecule has 0 heterocycles. The minimum atomic E-state index is -1.30. The maximum Gasteiger partial charge on any atom is 0.323 e. The van der Waals surface area contributed by atoms with E-state index in [9.17, 15) is 38.6 Å². The Morgan fingerprint density at radius 2 is 0.941 bits per heavy atom. The molecule has 3 aromatic carbocycles. The van der Waals surface area contributed by atoms with Gasteiger partial charge in [0.25, 0.3) is 11.4 Å². The molecule has 0 aliphatic carbocycles. The van der Waals surface area contributed by atoms with Gasteiger partial charge in [-0.25, -0.2) is 18.4 Å². The number of hydrogen-bond donors (Lipinski definition) is 4. The van der Waals surface area contributed by atoms with E-state index >= 15 is 0 Å². The van der Waals surface area contributed by atoms with Gasteiger partial charge >= 0.3 is 12.1 Å². The maximum atomic E-state index is 13.8. The fourth-order valence-electron chi connectivity index (χ4n) is 2.66. The number of nitrogens with zero attached hydrogens (tertiary/aromatic N) is 2. The van der Waals surface area contributed by atoms with Crippen molar-refractivity contribution in [2.24, 2.45) is 0 Å². The van der Waals surface area contributed by atoms with Crippen LogP contribution < -0.4 is 21.3 Å². The second-order valence-corrected chi connectivity index (χ2v) is 6.58. The topological polar surface area (TPSA) is 169 Å². The van der Waals surface area contributed by atoms with Gasteiger partial charge in [0, 0.05) is 47.8 Å². The van der Waals surface area contributed by atoms with Crippen LogP contribution >= 0.6 is 0 Å². The van der Waals surface area contributed by atoms with Crippen LogP contribution in [-0.4, -0.2) is 21.9 Å². The zero-order valence-corrected chi connectivity index (χ0v) is 16.9. The lowest BCUT2D eigenvalue weighted by molar-refractivity contribution is -0.385. The first-order valence-corrected chi connectivity index (χ1v) is 9.26. The van der Waals surface area contributed by atoms with E-state index in [1.807, 2.05) is 0 Å². The van der Waals surface area contributed by atoms with Crippen LogP contribution in [0.2, 0.25) is 0 Å². The van der Waals surface area contributed by atoms with Crippen LogP contribution in [0.3, 0.4) is 0 Å². The highest BCUT2D eigenvalue weighted by molar-refractivity contribution is 6.06. The molecule has 0 unspecified atom stereocenters. The quantitative estimate of drug-likeness (QED) is 0.288. The van der Waals surface area contributed by atoms with Gasteiger partial charge in [-0.2, -0.15) is 0 Å². The molecule has 0 atom stereocenters. The van der Waals surface area contributed by atoms with E-state index in [1.165, 1.54) is 24.3 Å². The number of halogens is 2. The molecule has 0 aliphatic rings. The van der Waals surface area contributed by atoms with E-state index in [-0.39, 0.29) is 34.1 Å². The average molecular weight is 472 g/mol. The summed E-state index contributed by atoms with van der Waals surface area (Å²) in [5, 5.41) is 30.6. The number of benzene rings is 3. The van der Waals surface area contributed by atoms with Crippen LogP contribution in [0.4, 0.5) is 52.5 Å². The van der Waals surface area contributed by atoms with Gasteiger partial charge in [0.1, 0.15) is 0 Å². The SMILES string of the molecule is O=C(Nc1ccc([N+](=O)[O-])cc1)Nc1cc(F)c(F)cc1NC(=O)Nc1ccc([N+](=O)[O-])cc1. The van der Waals surface area contributed by atoms with Crippen molar-refractivity contribution < 1.29 is 28.2 Å². The maximum absolute atomic E-state index is 13.8. The Bertz CT molecular complexity index is 1170. The minimum Gasteiger partial charge on any atom is -0.308 e. The molecule has 4 amide bonds. The molecule has 0 saturated heterocycles. The molecule has 0 spiro atoms. The zero-order chi connectivity index (χ0) is 24.8. The van der Waals surface area contributed by atoms with Crippen molar-refractivity contribution in [2.75, 3.05) is 21.3 Å². The summed E-state index contributed by atoms with van der Waals surface area (Å²) in [6.07, 6.45) is 0. The second kappa shape index (κ2) is 9.99. The van der Waals surface area contributed by atoms with E-state index < -0.39 is 33.5 Å². The van der Waals surface area contributed by atoms with E-state index in [0.29, 0.717) is 12.1 Å². The normalized spacial score (nSPS) is 10.2. The minimum absolute atomic E-state index is 0.177. The van der Waals surface area contributed by atoms with Crippen LogP contribution in [0.1, 0.15) is 0 Å². The van der Waals surface area contributed by atoms with E-state index in [1.54, 1.807) is 0 Å². The fraction of sp³-hybridized carbons (Fsp3) is 0. The number of amides is 4. The molecule has 0 aliphatic heterocycles. The summed E-state index contributed by atoms with van der Waals surface area (Å²) in [6, 6.07) is 9.16. The average Bonchev–Trinajstić information content (AvgIpc) is 2.77. The van der Waals surface area contributed by atoms with Gasteiger partial charge in [-0.15, -0.1) is 0 Å². The fourth-order valence-corrected chi connectivity index (χ4v) is 2.66. The van der Waals surface area contributed by atoms with E-state index in [4.69, 9.17) is 0 Å². The standard InChI is InChI=1S/C20H14F2N6O6/c21-15-9-17(25-19(29)23-11-1-5-13(6-2-11)27(31)32)18(10-16(15)22)26-20(30)24-12-3-7-14(8-4-12)28(33)34/h1-10H,(H2,23,25,29)(H2,24,26,30). The van der Waals surface area contributed by atoms with Crippen molar-refractivity contribution in [3.8, 4) is 0 Å². The van der Waals surface area contributed by atoms with Crippen LogP contribution in [-0.2, 0) is 0 Å². The predicted octanol–water partition coefficient (Wildman–Crippen LogP) is 5.07. The van der Waals surface area contributed by atoms with Crippen LogP contribution in [0.15, 0.2) is 60.7 Å². The monoisotopic (exact) mass is 472 g/mol. The predicted molar refractivity (Wildman–Crippen MR) is 118 cm³/mol.